The number of amides is 1. The van der Waals surface area contributed by atoms with Gasteiger partial charge in [-0.15, -0.1) is 0 Å². The first-order chi connectivity index (χ1) is 17.7. The molecule has 1 amide bonds. The zero-order chi connectivity index (χ0) is 26.4. The Balaban J connectivity index is 1.49. The van der Waals surface area contributed by atoms with Gasteiger partial charge in [-0.05, 0) is 53.6 Å². The van der Waals surface area contributed by atoms with Crippen LogP contribution in [0.3, 0.4) is 0 Å². The van der Waals surface area contributed by atoms with Crippen molar-refractivity contribution in [2.45, 2.75) is 24.6 Å². The Morgan fingerprint density at radius 2 is 1.81 bits per heavy atom. The Morgan fingerprint density at radius 3 is 2.47 bits per heavy atom. The van der Waals surface area contributed by atoms with E-state index in [4.69, 9.17) is 17.3 Å². The SMILES string of the molecule is [2H]c1c([2H])c(C([2H])([2H])CN2CC[C@@H](C(C(N)=O)(c3ccccc3)c3ccccc3)C2)c([2H])c2c1OCC2. The van der Waals surface area contributed by atoms with E-state index in [1.165, 1.54) is 0 Å². The number of likely N-dealkylation sites (tertiary alicyclic amines) is 1. The van der Waals surface area contributed by atoms with E-state index < -0.39 is 17.7 Å². The molecular weight excluding hydrogens is 396 g/mol. The Hall–Kier alpha value is -3.11. The van der Waals surface area contributed by atoms with Crippen LogP contribution in [0.1, 0.15) is 35.5 Å². The average Bonchev–Trinajstić information content (AvgIpc) is 3.55. The van der Waals surface area contributed by atoms with Crippen LogP contribution in [0.5, 0.6) is 5.75 Å². The van der Waals surface area contributed by atoms with Gasteiger partial charge in [0, 0.05) is 22.3 Å². The molecule has 1 atom stereocenters. The van der Waals surface area contributed by atoms with Gasteiger partial charge in [0.25, 0.3) is 0 Å². The zero-order valence-corrected chi connectivity index (χ0v) is 17.9. The van der Waals surface area contributed by atoms with Gasteiger partial charge in [-0.2, -0.15) is 0 Å². The lowest BCUT2D eigenvalue weighted by Gasteiger charge is -2.37. The molecule has 2 aliphatic heterocycles. The quantitative estimate of drug-likeness (QED) is 0.616. The minimum absolute atomic E-state index is 0.0469. The van der Waals surface area contributed by atoms with Crippen molar-refractivity contribution in [3.05, 3.63) is 101 Å². The van der Waals surface area contributed by atoms with Crippen molar-refractivity contribution in [3.63, 3.8) is 0 Å². The summed E-state index contributed by atoms with van der Waals surface area (Å²) in [4.78, 5) is 15.3. The number of benzene rings is 3. The first kappa shape index (κ1) is 15.7. The van der Waals surface area contributed by atoms with Gasteiger partial charge >= 0.3 is 0 Å². The van der Waals surface area contributed by atoms with Crippen LogP contribution in [-0.4, -0.2) is 37.0 Å². The molecule has 1 saturated heterocycles. The summed E-state index contributed by atoms with van der Waals surface area (Å²) in [6.45, 7) is 1.25. The summed E-state index contributed by atoms with van der Waals surface area (Å²) in [5.41, 5.74) is 7.14. The van der Waals surface area contributed by atoms with Crippen LogP contribution in [-0.2, 0) is 23.0 Å². The third kappa shape index (κ3) is 3.69. The number of ether oxygens (including phenoxy) is 1. The number of primary amides is 1. The maximum Gasteiger partial charge on any atom is 0.232 e. The number of rotatable bonds is 7. The van der Waals surface area contributed by atoms with Gasteiger partial charge in [-0.25, -0.2) is 0 Å². The molecule has 164 valence electrons. The lowest BCUT2D eigenvalue weighted by molar-refractivity contribution is -0.123. The fraction of sp³-hybridized carbons (Fsp3) is 0.321. The number of hydrogen-bond donors (Lipinski definition) is 1. The minimum Gasteiger partial charge on any atom is -0.493 e. The molecule has 4 nitrogen and oxygen atoms in total. The normalized spacial score (nSPS) is 21.0. The van der Waals surface area contributed by atoms with Gasteiger partial charge < -0.3 is 15.4 Å². The molecule has 0 radical (unpaired) electrons. The summed E-state index contributed by atoms with van der Waals surface area (Å²) < 4.78 is 48.6. The lowest BCUT2D eigenvalue weighted by Crippen LogP contribution is -2.49. The van der Waals surface area contributed by atoms with Crippen LogP contribution in [0.4, 0.5) is 0 Å². The van der Waals surface area contributed by atoms with Crippen molar-refractivity contribution in [2.75, 3.05) is 26.2 Å². The van der Waals surface area contributed by atoms with E-state index in [-0.39, 0.29) is 41.9 Å². The highest BCUT2D eigenvalue weighted by molar-refractivity contribution is 5.91. The molecule has 0 aliphatic carbocycles. The molecule has 0 aromatic heterocycles. The number of hydrogen-bond acceptors (Lipinski definition) is 3. The Kier molecular flexibility index (Phi) is 4.30. The summed E-state index contributed by atoms with van der Waals surface area (Å²) in [6.07, 6.45) is -0.970. The summed E-state index contributed by atoms with van der Waals surface area (Å²) >= 11 is 0. The fourth-order valence-electron chi connectivity index (χ4n) is 5.12. The summed E-state index contributed by atoms with van der Waals surface area (Å²) in [5.74, 6) is -0.413. The molecule has 5 rings (SSSR count). The third-order valence-electron chi connectivity index (χ3n) is 6.66. The minimum atomic E-state index is -2.04. The molecule has 1 fully saturated rings. The van der Waals surface area contributed by atoms with Gasteiger partial charge in [0.15, 0.2) is 0 Å². The second kappa shape index (κ2) is 8.79. The number of carbonyl (C=O) groups is 1. The summed E-state index contributed by atoms with van der Waals surface area (Å²) in [7, 11) is 0. The van der Waals surface area contributed by atoms with Crippen LogP contribution >= 0.6 is 0 Å². The second-order valence-electron chi connectivity index (χ2n) is 8.46. The van der Waals surface area contributed by atoms with Crippen molar-refractivity contribution >= 4 is 5.91 Å². The summed E-state index contributed by atoms with van der Waals surface area (Å²) in [6, 6.07) is 18.5. The highest BCUT2D eigenvalue weighted by Gasteiger charge is 2.49. The van der Waals surface area contributed by atoms with Gasteiger partial charge in [0.05, 0.1) is 10.7 Å². The van der Waals surface area contributed by atoms with Gasteiger partial charge in [-0.1, -0.05) is 72.7 Å². The van der Waals surface area contributed by atoms with Crippen molar-refractivity contribution in [2.24, 2.45) is 11.7 Å². The molecule has 0 saturated carbocycles. The highest BCUT2D eigenvalue weighted by Crippen LogP contribution is 2.43. The topological polar surface area (TPSA) is 55.6 Å². The number of nitrogens with two attached hydrogens (primary N) is 1. The predicted molar refractivity (Wildman–Crippen MR) is 127 cm³/mol. The highest BCUT2D eigenvalue weighted by atomic mass is 16.5. The smallest absolute Gasteiger partial charge is 0.232 e. The van der Waals surface area contributed by atoms with E-state index in [0.717, 1.165) is 11.1 Å². The van der Waals surface area contributed by atoms with Gasteiger partial charge in [-0.3, -0.25) is 4.79 Å². The molecule has 4 heteroatoms. The van der Waals surface area contributed by atoms with E-state index in [0.29, 0.717) is 38.1 Å². The van der Waals surface area contributed by atoms with Crippen molar-refractivity contribution in [1.29, 1.82) is 0 Å². The zero-order valence-electron chi connectivity index (χ0n) is 22.9. The van der Waals surface area contributed by atoms with Crippen molar-refractivity contribution < 1.29 is 16.4 Å². The maximum atomic E-state index is 13.3. The van der Waals surface area contributed by atoms with Crippen LogP contribution < -0.4 is 10.5 Å². The number of nitrogens with zero attached hydrogens (tertiary/aromatic N) is 1. The molecule has 2 N–H and O–H groups in total. The van der Waals surface area contributed by atoms with Gasteiger partial charge in [0.2, 0.25) is 5.91 Å². The Bertz CT molecular complexity index is 1280. The third-order valence-corrected chi connectivity index (χ3v) is 6.66. The molecule has 0 bridgehead atoms. The molecule has 3 aromatic rings. The van der Waals surface area contributed by atoms with E-state index in [2.05, 4.69) is 0 Å². The van der Waals surface area contributed by atoms with E-state index in [1.54, 1.807) is 0 Å². The molecular formula is C28H30N2O2. The molecule has 0 unspecified atom stereocenters. The first-order valence-electron chi connectivity index (χ1n) is 13.6. The largest absolute Gasteiger partial charge is 0.493 e. The lowest BCUT2D eigenvalue weighted by atomic mass is 9.64. The summed E-state index contributed by atoms with van der Waals surface area (Å²) in [5, 5.41) is 0. The second-order valence-corrected chi connectivity index (χ2v) is 8.46. The number of carbonyl (C=O) groups excluding carboxylic acids is 1. The van der Waals surface area contributed by atoms with Crippen molar-refractivity contribution in [3.8, 4) is 5.75 Å². The van der Waals surface area contributed by atoms with E-state index in [9.17, 15) is 4.79 Å². The predicted octanol–water partition coefficient (Wildman–Crippen LogP) is 3.96. The van der Waals surface area contributed by atoms with Crippen molar-refractivity contribution in [1.82, 2.24) is 4.90 Å². The van der Waals surface area contributed by atoms with Crippen LogP contribution in [0.2, 0.25) is 0 Å². The molecule has 32 heavy (non-hydrogen) atoms. The number of fused-ring (bicyclic) bond motifs is 1. The van der Waals surface area contributed by atoms with E-state index >= 15 is 0 Å². The van der Waals surface area contributed by atoms with Crippen LogP contribution in [0.15, 0.2) is 78.8 Å². The van der Waals surface area contributed by atoms with Gasteiger partial charge in [0.1, 0.15) is 11.2 Å². The molecule has 2 heterocycles. The first-order valence-corrected chi connectivity index (χ1v) is 11.1. The average molecular weight is 432 g/mol. The Morgan fingerprint density at radius 1 is 1.12 bits per heavy atom. The maximum absolute atomic E-state index is 13.3. The van der Waals surface area contributed by atoms with Crippen LogP contribution in [0, 0.1) is 5.92 Å². The molecule has 2 aliphatic rings. The fourth-order valence-corrected chi connectivity index (χ4v) is 5.12. The Labute approximate surface area is 197 Å². The monoisotopic (exact) mass is 431 g/mol. The standard InChI is InChI=1S/C28H30N2O2/c29-27(31)28(23-7-3-1-4-8-23,24-9-5-2-6-10-24)25-14-17-30(20-25)16-13-21-11-12-26-22(19-21)15-18-32-26/h1-12,19,25H,13-18,20H2,(H2,29,31)/t25-/m1/s1/i11D,12D,13D2,19D. The molecule has 3 aromatic carbocycles. The van der Waals surface area contributed by atoms with Crippen LogP contribution in [0.25, 0.3) is 0 Å². The molecule has 0 spiro atoms. The van der Waals surface area contributed by atoms with E-state index in [1.807, 2.05) is 65.6 Å².